The van der Waals surface area contributed by atoms with Crippen molar-refractivity contribution in [1.82, 2.24) is 14.8 Å². The minimum Gasteiger partial charge on any atom is -0.478 e. The Labute approximate surface area is 158 Å². The molecule has 3 aromatic rings. The fourth-order valence-corrected chi connectivity index (χ4v) is 2.97. The Balaban J connectivity index is 1.87. The lowest BCUT2D eigenvalue weighted by atomic mass is 9.98. The Morgan fingerprint density at radius 2 is 1.89 bits per heavy atom. The SMILES string of the molecule is CCC(C)n1nc(OC)nc1Cc1ccc(-c2ccccc2C(=O)O)cc1. The van der Waals surface area contributed by atoms with E-state index in [1.165, 1.54) is 0 Å². The van der Waals surface area contributed by atoms with Gasteiger partial charge in [-0.1, -0.05) is 49.4 Å². The first-order valence-corrected chi connectivity index (χ1v) is 8.94. The molecule has 140 valence electrons. The van der Waals surface area contributed by atoms with Gasteiger partial charge in [-0.2, -0.15) is 4.98 Å². The summed E-state index contributed by atoms with van der Waals surface area (Å²) in [6.07, 6.45) is 1.58. The summed E-state index contributed by atoms with van der Waals surface area (Å²) in [5.74, 6) is -0.0803. The van der Waals surface area contributed by atoms with Gasteiger partial charge in [-0.15, -0.1) is 5.10 Å². The highest BCUT2D eigenvalue weighted by atomic mass is 16.5. The van der Waals surface area contributed by atoms with Gasteiger partial charge in [0.05, 0.1) is 18.7 Å². The second kappa shape index (κ2) is 8.03. The minimum absolute atomic E-state index is 0.234. The Morgan fingerprint density at radius 1 is 1.19 bits per heavy atom. The van der Waals surface area contributed by atoms with Crippen LogP contribution in [0, 0.1) is 0 Å². The number of rotatable bonds is 7. The highest BCUT2D eigenvalue weighted by Gasteiger charge is 2.15. The van der Waals surface area contributed by atoms with Crippen molar-refractivity contribution in [3.8, 4) is 17.1 Å². The predicted octanol–water partition coefficient (Wildman–Crippen LogP) is 4.21. The quantitative estimate of drug-likeness (QED) is 0.678. The second-order valence-corrected chi connectivity index (χ2v) is 6.44. The highest BCUT2D eigenvalue weighted by Crippen LogP contribution is 2.25. The number of carboxylic acid groups (broad SMARTS) is 1. The van der Waals surface area contributed by atoms with Crippen molar-refractivity contribution in [2.45, 2.75) is 32.7 Å². The van der Waals surface area contributed by atoms with Crippen LogP contribution in [0.5, 0.6) is 6.01 Å². The topological polar surface area (TPSA) is 77.2 Å². The molecule has 0 bridgehead atoms. The predicted molar refractivity (Wildman–Crippen MR) is 103 cm³/mol. The van der Waals surface area contributed by atoms with Crippen molar-refractivity contribution in [3.63, 3.8) is 0 Å². The largest absolute Gasteiger partial charge is 0.478 e. The van der Waals surface area contributed by atoms with Gasteiger partial charge in [0, 0.05) is 6.42 Å². The molecule has 0 aliphatic rings. The average molecular weight is 365 g/mol. The molecule has 1 atom stereocenters. The van der Waals surface area contributed by atoms with Crippen molar-refractivity contribution < 1.29 is 14.6 Å². The van der Waals surface area contributed by atoms with Crippen LogP contribution >= 0.6 is 0 Å². The van der Waals surface area contributed by atoms with Gasteiger partial charge in [-0.25, -0.2) is 9.48 Å². The van der Waals surface area contributed by atoms with Crippen molar-refractivity contribution in [2.75, 3.05) is 7.11 Å². The number of methoxy groups -OCH3 is 1. The van der Waals surface area contributed by atoms with Crippen LogP contribution in [0.3, 0.4) is 0 Å². The van der Waals surface area contributed by atoms with E-state index in [2.05, 4.69) is 23.9 Å². The highest BCUT2D eigenvalue weighted by molar-refractivity contribution is 5.95. The van der Waals surface area contributed by atoms with Crippen molar-refractivity contribution in [1.29, 1.82) is 0 Å². The van der Waals surface area contributed by atoms with Gasteiger partial charge in [0.1, 0.15) is 5.82 Å². The van der Waals surface area contributed by atoms with Crippen LogP contribution in [-0.2, 0) is 6.42 Å². The summed E-state index contributed by atoms with van der Waals surface area (Å²) >= 11 is 0. The summed E-state index contributed by atoms with van der Waals surface area (Å²) < 4.78 is 7.09. The van der Waals surface area contributed by atoms with Crippen molar-refractivity contribution in [3.05, 3.63) is 65.5 Å². The number of aromatic carboxylic acids is 1. The Kier molecular flexibility index (Phi) is 5.54. The smallest absolute Gasteiger partial charge is 0.336 e. The number of ether oxygens (including phenoxy) is 1. The summed E-state index contributed by atoms with van der Waals surface area (Å²) in [4.78, 5) is 15.9. The van der Waals surface area contributed by atoms with Gasteiger partial charge < -0.3 is 9.84 Å². The molecule has 0 radical (unpaired) electrons. The van der Waals surface area contributed by atoms with E-state index in [1.54, 1.807) is 19.2 Å². The van der Waals surface area contributed by atoms with E-state index in [1.807, 2.05) is 41.1 Å². The molecule has 3 rings (SSSR count). The van der Waals surface area contributed by atoms with E-state index < -0.39 is 5.97 Å². The first-order chi connectivity index (χ1) is 13.0. The van der Waals surface area contributed by atoms with Crippen LogP contribution in [0.15, 0.2) is 48.5 Å². The molecule has 1 aromatic heterocycles. The van der Waals surface area contributed by atoms with Gasteiger partial charge in [-0.3, -0.25) is 0 Å². The van der Waals surface area contributed by atoms with Crippen LogP contribution < -0.4 is 4.74 Å². The summed E-state index contributed by atoms with van der Waals surface area (Å²) in [6, 6.07) is 15.5. The number of hydrogen-bond donors (Lipinski definition) is 1. The van der Waals surface area contributed by atoms with Crippen LogP contribution in [0.2, 0.25) is 0 Å². The zero-order valence-electron chi connectivity index (χ0n) is 15.7. The summed E-state index contributed by atoms with van der Waals surface area (Å²) in [7, 11) is 1.56. The van der Waals surface area contributed by atoms with E-state index in [-0.39, 0.29) is 6.04 Å². The van der Waals surface area contributed by atoms with Crippen LogP contribution in [0.1, 0.15) is 48.1 Å². The van der Waals surface area contributed by atoms with Crippen molar-refractivity contribution >= 4 is 5.97 Å². The number of hydrogen-bond acceptors (Lipinski definition) is 4. The monoisotopic (exact) mass is 365 g/mol. The molecule has 0 fully saturated rings. The normalized spacial score (nSPS) is 12.0. The minimum atomic E-state index is -0.927. The number of carbonyl (C=O) groups is 1. The number of aromatic nitrogens is 3. The van der Waals surface area contributed by atoms with Gasteiger partial charge in [0.2, 0.25) is 0 Å². The Morgan fingerprint density at radius 3 is 2.52 bits per heavy atom. The molecule has 6 nitrogen and oxygen atoms in total. The first-order valence-electron chi connectivity index (χ1n) is 8.94. The summed E-state index contributed by atoms with van der Waals surface area (Å²) in [5.41, 5.74) is 2.95. The summed E-state index contributed by atoms with van der Waals surface area (Å²) in [6.45, 7) is 4.21. The number of carboxylic acids is 1. The van der Waals surface area contributed by atoms with E-state index in [0.29, 0.717) is 23.6 Å². The molecule has 0 saturated heterocycles. The molecular weight excluding hydrogens is 342 g/mol. The fourth-order valence-electron chi connectivity index (χ4n) is 2.97. The van der Waals surface area contributed by atoms with E-state index in [0.717, 1.165) is 23.4 Å². The molecule has 1 N–H and O–H groups in total. The van der Waals surface area contributed by atoms with Gasteiger partial charge in [0.15, 0.2) is 0 Å². The lowest BCUT2D eigenvalue weighted by molar-refractivity contribution is 0.0697. The van der Waals surface area contributed by atoms with E-state index in [9.17, 15) is 9.90 Å². The Bertz CT molecular complexity index is 932. The lowest BCUT2D eigenvalue weighted by Crippen LogP contribution is -2.10. The number of benzene rings is 2. The molecule has 1 unspecified atom stereocenters. The molecule has 0 aliphatic carbocycles. The molecule has 0 aliphatic heterocycles. The van der Waals surface area contributed by atoms with Crippen molar-refractivity contribution in [2.24, 2.45) is 0 Å². The third-order valence-electron chi connectivity index (χ3n) is 4.66. The first kappa shape index (κ1) is 18.6. The lowest BCUT2D eigenvalue weighted by Gasteiger charge is -2.12. The zero-order chi connectivity index (χ0) is 19.4. The molecule has 2 aromatic carbocycles. The molecule has 0 amide bonds. The maximum absolute atomic E-state index is 11.4. The number of nitrogens with zero attached hydrogens (tertiary/aromatic N) is 3. The molecule has 0 saturated carbocycles. The third-order valence-corrected chi connectivity index (χ3v) is 4.66. The van der Waals surface area contributed by atoms with Crippen LogP contribution in [0.4, 0.5) is 0 Å². The molecule has 27 heavy (non-hydrogen) atoms. The van der Waals surface area contributed by atoms with Crippen LogP contribution in [0.25, 0.3) is 11.1 Å². The van der Waals surface area contributed by atoms with E-state index >= 15 is 0 Å². The van der Waals surface area contributed by atoms with Gasteiger partial charge >= 0.3 is 12.0 Å². The Hall–Kier alpha value is -3.15. The maximum Gasteiger partial charge on any atom is 0.336 e. The second-order valence-electron chi connectivity index (χ2n) is 6.44. The molecule has 0 spiro atoms. The average Bonchev–Trinajstić information content (AvgIpc) is 3.11. The standard InChI is InChI=1S/C21H23N3O3/c1-4-14(2)24-19(22-21(23-24)27-3)13-15-9-11-16(12-10-15)17-7-5-6-8-18(17)20(25)26/h5-12,14H,4,13H2,1-3H3,(H,25,26). The molecular formula is C21H23N3O3. The maximum atomic E-state index is 11.4. The third kappa shape index (κ3) is 4.00. The molecule has 6 heteroatoms. The molecule has 1 heterocycles. The summed E-state index contributed by atoms with van der Waals surface area (Å²) in [5, 5.41) is 13.8. The van der Waals surface area contributed by atoms with Crippen LogP contribution in [-0.4, -0.2) is 33.0 Å². The van der Waals surface area contributed by atoms with E-state index in [4.69, 9.17) is 4.74 Å². The van der Waals surface area contributed by atoms with Gasteiger partial charge in [-0.05, 0) is 36.1 Å². The van der Waals surface area contributed by atoms with Gasteiger partial charge in [0.25, 0.3) is 0 Å². The zero-order valence-corrected chi connectivity index (χ0v) is 15.7. The fraction of sp³-hybridized carbons (Fsp3) is 0.286.